The molecule has 1 nitrogen and oxygen atoms in total. The summed E-state index contributed by atoms with van der Waals surface area (Å²) in [6.45, 7) is 22.4. The highest BCUT2D eigenvalue weighted by atomic mass is 16.1. The SMILES string of the molecule is C=C(/C=C\C=C/C)C(C)(C)CCC(C)(C)C=O.CC.CC. The molecule has 0 rings (SSSR count). The Labute approximate surface area is 134 Å². The molecular weight excluding hydrogens is 256 g/mol. The zero-order chi connectivity index (χ0) is 17.5. The standard InChI is InChI=1S/C16H26O.2C2H6/c1-7-8-9-10-14(2)16(5,6)12-11-15(3,4)13-17;2*1-2/h7-10,13H,2,11-12H2,1,3-6H3;2*1-2H3/b8-7-,10-9-;;. The molecule has 0 aromatic heterocycles. The van der Waals surface area contributed by atoms with Crippen LogP contribution in [0.1, 0.15) is 75.2 Å². The van der Waals surface area contributed by atoms with Crippen molar-refractivity contribution in [3.8, 4) is 0 Å². The maximum atomic E-state index is 10.9. The molecule has 1 heteroatoms. The fourth-order valence-corrected chi connectivity index (χ4v) is 1.36. The van der Waals surface area contributed by atoms with Crippen molar-refractivity contribution in [1.29, 1.82) is 0 Å². The molecule has 124 valence electrons. The van der Waals surface area contributed by atoms with Crippen LogP contribution in [-0.4, -0.2) is 6.29 Å². The topological polar surface area (TPSA) is 17.1 Å². The van der Waals surface area contributed by atoms with Crippen molar-refractivity contribution >= 4 is 6.29 Å². The number of carbonyl (C=O) groups excluding carboxylic acids is 1. The first-order chi connectivity index (χ1) is 9.75. The summed E-state index contributed by atoms with van der Waals surface area (Å²) >= 11 is 0. The van der Waals surface area contributed by atoms with Crippen LogP contribution in [0.15, 0.2) is 36.5 Å². The predicted molar refractivity (Wildman–Crippen MR) is 98.7 cm³/mol. The van der Waals surface area contributed by atoms with Gasteiger partial charge in [0.05, 0.1) is 0 Å². The third-order valence-electron chi connectivity index (χ3n) is 3.18. The van der Waals surface area contributed by atoms with Gasteiger partial charge in [-0.1, -0.05) is 86.3 Å². The average molecular weight is 295 g/mol. The maximum Gasteiger partial charge on any atom is 0.125 e. The van der Waals surface area contributed by atoms with Crippen molar-refractivity contribution in [2.45, 2.75) is 75.2 Å². The largest absolute Gasteiger partial charge is 0.303 e. The molecular formula is C20H38O. The summed E-state index contributed by atoms with van der Waals surface area (Å²) < 4.78 is 0. The smallest absolute Gasteiger partial charge is 0.125 e. The minimum atomic E-state index is -0.232. The van der Waals surface area contributed by atoms with Crippen LogP contribution >= 0.6 is 0 Å². The van der Waals surface area contributed by atoms with E-state index in [1.807, 2.05) is 72.8 Å². The van der Waals surface area contributed by atoms with Gasteiger partial charge in [-0.15, -0.1) is 0 Å². The van der Waals surface area contributed by atoms with E-state index >= 15 is 0 Å². The van der Waals surface area contributed by atoms with E-state index < -0.39 is 0 Å². The first kappa shape index (κ1) is 24.9. The van der Waals surface area contributed by atoms with E-state index in [1.54, 1.807) is 0 Å². The molecule has 0 heterocycles. The van der Waals surface area contributed by atoms with Crippen LogP contribution < -0.4 is 0 Å². The lowest BCUT2D eigenvalue weighted by Gasteiger charge is -2.29. The van der Waals surface area contributed by atoms with E-state index in [2.05, 4.69) is 20.4 Å². The lowest BCUT2D eigenvalue weighted by Crippen LogP contribution is -2.20. The third kappa shape index (κ3) is 13.6. The Morgan fingerprint density at radius 3 is 1.81 bits per heavy atom. The highest BCUT2D eigenvalue weighted by Gasteiger charge is 2.25. The van der Waals surface area contributed by atoms with Gasteiger partial charge in [-0.2, -0.15) is 0 Å². The van der Waals surface area contributed by atoms with Gasteiger partial charge in [0.2, 0.25) is 0 Å². The third-order valence-corrected chi connectivity index (χ3v) is 3.18. The molecule has 0 saturated carbocycles. The van der Waals surface area contributed by atoms with Crippen molar-refractivity contribution in [3.63, 3.8) is 0 Å². The molecule has 0 aliphatic carbocycles. The quantitative estimate of drug-likeness (QED) is 0.374. The van der Waals surface area contributed by atoms with E-state index in [0.717, 1.165) is 24.7 Å². The molecule has 0 fully saturated rings. The van der Waals surface area contributed by atoms with E-state index in [4.69, 9.17) is 0 Å². The highest BCUT2D eigenvalue weighted by Crippen LogP contribution is 2.35. The Kier molecular flexibility index (Phi) is 16.4. The highest BCUT2D eigenvalue weighted by molar-refractivity contribution is 5.57. The summed E-state index contributed by atoms with van der Waals surface area (Å²) in [6, 6.07) is 0. The molecule has 0 atom stereocenters. The van der Waals surface area contributed by atoms with Crippen LogP contribution in [0.2, 0.25) is 0 Å². The van der Waals surface area contributed by atoms with Crippen molar-refractivity contribution in [2.75, 3.05) is 0 Å². The molecule has 0 radical (unpaired) electrons. The van der Waals surface area contributed by atoms with Crippen LogP contribution in [-0.2, 0) is 4.79 Å². The molecule has 21 heavy (non-hydrogen) atoms. The van der Waals surface area contributed by atoms with E-state index in [0.29, 0.717) is 0 Å². The van der Waals surface area contributed by atoms with Crippen LogP contribution in [0.3, 0.4) is 0 Å². The molecule has 0 aromatic carbocycles. The van der Waals surface area contributed by atoms with Crippen LogP contribution in [0.4, 0.5) is 0 Å². The normalized spacial score (nSPS) is 11.5. The van der Waals surface area contributed by atoms with E-state index in [1.165, 1.54) is 0 Å². The van der Waals surface area contributed by atoms with Gasteiger partial charge in [0.25, 0.3) is 0 Å². The molecule has 0 N–H and O–H groups in total. The lowest BCUT2D eigenvalue weighted by atomic mass is 9.76. The fourth-order valence-electron chi connectivity index (χ4n) is 1.36. The summed E-state index contributed by atoms with van der Waals surface area (Å²) in [7, 11) is 0. The van der Waals surface area contributed by atoms with Gasteiger partial charge in [-0.25, -0.2) is 0 Å². The predicted octanol–water partition coefficient (Wildman–Crippen LogP) is 6.76. The Morgan fingerprint density at radius 2 is 1.43 bits per heavy atom. The summed E-state index contributed by atoms with van der Waals surface area (Å²) in [5.41, 5.74) is 0.917. The molecule has 0 spiro atoms. The molecule has 0 saturated heterocycles. The number of allylic oxidation sites excluding steroid dienone is 5. The minimum Gasteiger partial charge on any atom is -0.303 e. The van der Waals surface area contributed by atoms with Gasteiger partial charge >= 0.3 is 0 Å². The van der Waals surface area contributed by atoms with Gasteiger partial charge in [-0.3, -0.25) is 0 Å². The van der Waals surface area contributed by atoms with Crippen LogP contribution in [0.5, 0.6) is 0 Å². The minimum absolute atomic E-state index is 0.0400. The first-order valence-electron chi connectivity index (χ1n) is 8.20. The summed E-state index contributed by atoms with van der Waals surface area (Å²) in [5, 5.41) is 0. The Balaban J connectivity index is -0.000000739. The molecule has 0 aromatic rings. The Hall–Kier alpha value is -1.11. The second kappa shape index (κ2) is 13.9. The molecule has 0 amide bonds. The molecule has 0 aliphatic rings. The summed E-state index contributed by atoms with van der Waals surface area (Å²) in [6.07, 6.45) is 10.9. The Morgan fingerprint density at radius 1 is 0.952 bits per heavy atom. The van der Waals surface area contributed by atoms with Crippen molar-refractivity contribution in [1.82, 2.24) is 0 Å². The van der Waals surface area contributed by atoms with Gasteiger partial charge in [0.1, 0.15) is 6.29 Å². The van der Waals surface area contributed by atoms with Crippen molar-refractivity contribution in [3.05, 3.63) is 36.5 Å². The maximum absolute atomic E-state index is 10.9. The average Bonchev–Trinajstić information content (AvgIpc) is 2.49. The van der Waals surface area contributed by atoms with Crippen LogP contribution in [0, 0.1) is 10.8 Å². The van der Waals surface area contributed by atoms with Gasteiger partial charge in [0.15, 0.2) is 0 Å². The number of aldehydes is 1. The van der Waals surface area contributed by atoms with Gasteiger partial charge in [0, 0.05) is 5.41 Å². The van der Waals surface area contributed by atoms with Crippen molar-refractivity contribution < 1.29 is 4.79 Å². The molecule has 0 unspecified atom stereocenters. The number of hydrogen-bond acceptors (Lipinski definition) is 1. The fraction of sp³-hybridized carbons (Fsp3) is 0.650. The zero-order valence-electron chi connectivity index (χ0n) is 15.9. The molecule has 0 bridgehead atoms. The number of carbonyl (C=O) groups is 1. The van der Waals surface area contributed by atoms with Crippen molar-refractivity contribution in [2.24, 2.45) is 10.8 Å². The summed E-state index contributed by atoms with van der Waals surface area (Å²) in [4.78, 5) is 10.9. The monoisotopic (exact) mass is 294 g/mol. The van der Waals surface area contributed by atoms with Crippen LogP contribution in [0.25, 0.3) is 0 Å². The second-order valence-corrected chi connectivity index (χ2v) is 5.90. The second-order valence-electron chi connectivity index (χ2n) is 5.90. The molecule has 0 aliphatic heterocycles. The Bertz CT molecular complexity index is 317. The summed E-state index contributed by atoms with van der Waals surface area (Å²) in [5.74, 6) is 0. The first-order valence-corrected chi connectivity index (χ1v) is 8.20. The number of hydrogen-bond donors (Lipinski definition) is 0. The van der Waals surface area contributed by atoms with E-state index in [-0.39, 0.29) is 10.8 Å². The van der Waals surface area contributed by atoms with E-state index in [9.17, 15) is 4.79 Å². The lowest BCUT2D eigenvalue weighted by molar-refractivity contribution is -0.115. The zero-order valence-corrected chi connectivity index (χ0v) is 15.9. The number of rotatable bonds is 7. The van der Waals surface area contributed by atoms with Gasteiger partial charge in [-0.05, 0) is 30.8 Å². The van der Waals surface area contributed by atoms with Gasteiger partial charge < -0.3 is 4.79 Å².